The topological polar surface area (TPSA) is 50.8 Å². The fourth-order valence-electron chi connectivity index (χ4n) is 3.16. The van der Waals surface area contributed by atoms with E-state index in [4.69, 9.17) is 9.47 Å². The predicted octanol–water partition coefficient (Wildman–Crippen LogP) is 2.39. The van der Waals surface area contributed by atoms with Crippen LogP contribution in [-0.2, 0) is 29.0 Å². The fraction of sp³-hybridized carbons (Fsp3) is 0.381. The van der Waals surface area contributed by atoms with Crippen LogP contribution in [0.15, 0.2) is 48.5 Å². The van der Waals surface area contributed by atoms with E-state index in [2.05, 4.69) is 28.4 Å². The molecule has 5 heteroatoms. The summed E-state index contributed by atoms with van der Waals surface area (Å²) >= 11 is 0. The van der Waals surface area contributed by atoms with Gasteiger partial charge in [-0.3, -0.25) is 9.69 Å². The number of rotatable bonds is 7. The quantitative estimate of drug-likeness (QED) is 0.829. The lowest BCUT2D eigenvalue weighted by Crippen LogP contribution is -2.36. The molecular formula is C21H26N2O3. The normalized spacial score (nSPS) is 14.8. The first-order chi connectivity index (χ1) is 12.8. The molecule has 1 aliphatic heterocycles. The van der Waals surface area contributed by atoms with Crippen LogP contribution in [0.2, 0.25) is 0 Å². The van der Waals surface area contributed by atoms with Crippen molar-refractivity contribution in [2.75, 3.05) is 33.4 Å². The Labute approximate surface area is 154 Å². The zero-order valence-corrected chi connectivity index (χ0v) is 15.2. The van der Waals surface area contributed by atoms with Crippen LogP contribution in [0, 0.1) is 0 Å². The molecule has 0 radical (unpaired) electrons. The molecule has 2 aromatic carbocycles. The maximum absolute atomic E-state index is 12.4. The monoisotopic (exact) mass is 354 g/mol. The van der Waals surface area contributed by atoms with Gasteiger partial charge in [0.1, 0.15) is 5.75 Å². The van der Waals surface area contributed by atoms with Crippen molar-refractivity contribution in [2.24, 2.45) is 0 Å². The Kier molecular flexibility index (Phi) is 6.63. The molecule has 0 saturated carbocycles. The second-order valence-corrected chi connectivity index (χ2v) is 6.42. The zero-order valence-electron chi connectivity index (χ0n) is 15.2. The van der Waals surface area contributed by atoms with E-state index in [9.17, 15) is 4.79 Å². The summed E-state index contributed by atoms with van der Waals surface area (Å²) in [7, 11) is 1.62. The summed E-state index contributed by atoms with van der Waals surface area (Å²) in [6.45, 7) is 4.91. The number of nitrogens with zero attached hydrogens (tertiary/aromatic N) is 1. The molecule has 0 aliphatic carbocycles. The van der Waals surface area contributed by atoms with Gasteiger partial charge in [-0.1, -0.05) is 42.5 Å². The predicted molar refractivity (Wildman–Crippen MR) is 101 cm³/mol. The summed E-state index contributed by atoms with van der Waals surface area (Å²) in [5.41, 5.74) is 3.31. The molecule has 26 heavy (non-hydrogen) atoms. The van der Waals surface area contributed by atoms with Crippen LogP contribution in [0.4, 0.5) is 0 Å². The Bertz CT molecular complexity index is 727. The number of carbonyl (C=O) groups is 1. The highest BCUT2D eigenvalue weighted by atomic mass is 16.5. The maximum atomic E-state index is 12.4. The SMILES string of the molecule is COc1ccccc1CC(=O)NCc1ccccc1CN1CCOCC1. The van der Waals surface area contributed by atoms with Gasteiger partial charge in [0, 0.05) is 31.7 Å². The molecule has 1 heterocycles. The van der Waals surface area contributed by atoms with Crippen LogP contribution in [0.5, 0.6) is 5.75 Å². The number of amides is 1. The Balaban J connectivity index is 1.58. The van der Waals surface area contributed by atoms with Crippen molar-refractivity contribution in [2.45, 2.75) is 19.5 Å². The molecule has 138 valence electrons. The summed E-state index contributed by atoms with van der Waals surface area (Å²) < 4.78 is 10.7. The molecule has 1 fully saturated rings. The fourth-order valence-corrected chi connectivity index (χ4v) is 3.16. The van der Waals surface area contributed by atoms with Gasteiger partial charge in [0.15, 0.2) is 0 Å². The van der Waals surface area contributed by atoms with Crippen molar-refractivity contribution in [1.82, 2.24) is 10.2 Å². The molecule has 0 aromatic heterocycles. The third kappa shape index (κ3) is 5.07. The molecule has 1 saturated heterocycles. The van der Waals surface area contributed by atoms with Gasteiger partial charge in [-0.05, 0) is 17.2 Å². The van der Waals surface area contributed by atoms with Crippen LogP contribution in [0.1, 0.15) is 16.7 Å². The highest BCUT2D eigenvalue weighted by Crippen LogP contribution is 2.18. The van der Waals surface area contributed by atoms with Gasteiger partial charge < -0.3 is 14.8 Å². The third-order valence-electron chi connectivity index (χ3n) is 4.64. The number of methoxy groups -OCH3 is 1. The number of para-hydroxylation sites is 1. The van der Waals surface area contributed by atoms with Crippen molar-refractivity contribution in [3.05, 3.63) is 65.2 Å². The summed E-state index contributed by atoms with van der Waals surface area (Å²) in [5, 5.41) is 3.04. The molecule has 0 atom stereocenters. The number of carbonyl (C=O) groups excluding carboxylic acids is 1. The molecule has 1 amide bonds. The zero-order chi connectivity index (χ0) is 18.2. The first-order valence-electron chi connectivity index (χ1n) is 9.01. The standard InChI is InChI=1S/C21H26N2O3/c1-25-20-9-5-4-6-17(20)14-21(24)22-15-18-7-2-3-8-19(18)16-23-10-12-26-13-11-23/h2-9H,10-16H2,1H3,(H,22,24). The van der Waals surface area contributed by atoms with Crippen molar-refractivity contribution < 1.29 is 14.3 Å². The second kappa shape index (κ2) is 9.36. The summed E-state index contributed by atoms with van der Waals surface area (Å²) in [6, 6.07) is 15.9. The summed E-state index contributed by atoms with van der Waals surface area (Å²) in [6.07, 6.45) is 0.315. The molecule has 2 aromatic rings. The van der Waals surface area contributed by atoms with E-state index in [1.807, 2.05) is 30.3 Å². The van der Waals surface area contributed by atoms with Gasteiger partial charge >= 0.3 is 0 Å². The minimum absolute atomic E-state index is 0.00400. The lowest BCUT2D eigenvalue weighted by atomic mass is 10.1. The smallest absolute Gasteiger partial charge is 0.224 e. The third-order valence-corrected chi connectivity index (χ3v) is 4.64. The number of morpholine rings is 1. The van der Waals surface area contributed by atoms with Gasteiger partial charge in [0.2, 0.25) is 5.91 Å². The molecule has 0 unspecified atom stereocenters. The van der Waals surface area contributed by atoms with Crippen molar-refractivity contribution in [3.63, 3.8) is 0 Å². The van der Waals surface area contributed by atoms with Crippen LogP contribution >= 0.6 is 0 Å². The summed E-state index contributed by atoms with van der Waals surface area (Å²) in [5.74, 6) is 0.742. The number of benzene rings is 2. The van der Waals surface area contributed by atoms with E-state index in [1.165, 1.54) is 5.56 Å². The first kappa shape index (κ1) is 18.4. The number of hydrogen-bond acceptors (Lipinski definition) is 4. The van der Waals surface area contributed by atoms with Gasteiger partial charge in [-0.2, -0.15) is 0 Å². The molecule has 1 N–H and O–H groups in total. The molecule has 1 aliphatic rings. The number of nitrogens with one attached hydrogen (secondary N) is 1. The average molecular weight is 354 g/mol. The van der Waals surface area contributed by atoms with Gasteiger partial charge in [-0.15, -0.1) is 0 Å². The number of ether oxygens (including phenoxy) is 2. The van der Waals surface area contributed by atoms with E-state index in [0.29, 0.717) is 13.0 Å². The Hall–Kier alpha value is -2.37. The molecule has 3 rings (SSSR count). The van der Waals surface area contributed by atoms with Crippen molar-refractivity contribution in [3.8, 4) is 5.75 Å². The van der Waals surface area contributed by atoms with Gasteiger partial charge in [-0.25, -0.2) is 0 Å². The second-order valence-electron chi connectivity index (χ2n) is 6.42. The lowest BCUT2D eigenvalue weighted by Gasteiger charge is -2.27. The van der Waals surface area contributed by atoms with Gasteiger partial charge in [0.05, 0.1) is 26.7 Å². The lowest BCUT2D eigenvalue weighted by molar-refractivity contribution is -0.120. The van der Waals surface area contributed by atoms with Crippen molar-refractivity contribution in [1.29, 1.82) is 0 Å². The Morgan fingerprint density at radius 2 is 1.69 bits per heavy atom. The molecule has 5 nitrogen and oxygen atoms in total. The Morgan fingerprint density at radius 3 is 2.42 bits per heavy atom. The van der Waals surface area contributed by atoms with Gasteiger partial charge in [0.25, 0.3) is 0 Å². The highest BCUT2D eigenvalue weighted by molar-refractivity contribution is 5.79. The first-order valence-corrected chi connectivity index (χ1v) is 9.01. The highest BCUT2D eigenvalue weighted by Gasteiger charge is 2.13. The molecule has 0 spiro atoms. The van der Waals surface area contributed by atoms with E-state index in [1.54, 1.807) is 7.11 Å². The minimum Gasteiger partial charge on any atom is -0.496 e. The van der Waals surface area contributed by atoms with Crippen LogP contribution < -0.4 is 10.1 Å². The average Bonchev–Trinajstić information content (AvgIpc) is 2.68. The van der Waals surface area contributed by atoms with E-state index in [-0.39, 0.29) is 5.91 Å². The number of hydrogen-bond donors (Lipinski definition) is 1. The maximum Gasteiger partial charge on any atom is 0.224 e. The van der Waals surface area contributed by atoms with Crippen LogP contribution in [0.3, 0.4) is 0 Å². The van der Waals surface area contributed by atoms with Crippen LogP contribution in [0.25, 0.3) is 0 Å². The van der Waals surface area contributed by atoms with E-state index in [0.717, 1.165) is 49.7 Å². The van der Waals surface area contributed by atoms with E-state index < -0.39 is 0 Å². The largest absolute Gasteiger partial charge is 0.496 e. The molecular weight excluding hydrogens is 328 g/mol. The minimum atomic E-state index is -0.00400. The van der Waals surface area contributed by atoms with Crippen LogP contribution in [-0.4, -0.2) is 44.2 Å². The summed E-state index contributed by atoms with van der Waals surface area (Å²) in [4.78, 5) is 14.7. The Morgan fingerprint density at radius 1 is 1.04 bits per heavy atom. The van der Waals surface area contributed by atoms with E-state index >= 15 is 0 Å². The van der Waals surface area contributed by atoms with Crippen molar-refractivity contribution >= 4 is 5.91 Å². The molecule has 0 bridgehead atoms.